The third kappa shape index (κ3) is 2.71. The van der Waals surface area contributed by atoms with E-state index < -0.39 is 0 Å². The van der Waals surface area contributed by atoms with E-state index in [9.17, 15) is 4.79 Å². The van der Waals surface area contributed by atoms with Crippen LogP contribution in [0.5, 0.6) is 0 Å². The quantitative estimate of drug-likeness (QED) is 0.578. The lowest BCUT2D eigenvalue weighted by Crippen LogP contribution is -2.51. The van der Waals surface area contributed by atoms with E-state index in [1.165, 1.54) is 0 Å². The minimum absolute atomic E-state index is 0.282. The monoisotopic (exact) mass is 181 g/mol. The van der Waals surface area contributed by atoms with Crippen LogP contribution in [0.3, 0.4) is 0 Å². The van der Waals surface area contributed by atoms with Crippen LogP contribution in [0, 0.1) is 11.3 Å². The van der Waals surface area contributed by atoms with Crippen LogP contribution in [0.1, 0.15) is 13.3 Å². The molecule has 1 fully saturated rings. The van der Waals surface area contributed by atoms with Crippen molar-refractivity contribution in [1.82, 2.24) is 9.80 Å². The van der Waals surface area contributed by atoms with Crippen LogP contribution in [0.4, 0.5) is 0 Å². The fourth-order valence-corrected chi connectivity index (χ4v) is 1.61. The number of piperazine rings is 1. The van der Waals surface area contributed by atoms with E-state index in [1.807, 2.05) is 11.8 Å². The Morgan fingerprint density at radius 1 is 1.62 bits per heavy atom. The van der Waals surface area contributed by atoms with E-state index in [2.05, 4.69) is 11.0 Å². The second kappa shape index (κ2) is 4.83. The van der Waals surface area contributed by atoms with Gasteiger partial charge in [0.1, 0.15) is 0 Å². The maximum Gasteiger partial charge on any atom is 0.210 e. The molecule has 0 bridgehead atoms. The summed E-state index contributed by atoms with van der Waals surface area (Å²) >= 11 is 0. The summed E-state index contributed by atoms with van der Waals surface area (Å²) in [6.45, 7) is 5.43. The van der Waals surface area contributed by atoms with Gasteiger partial charge in [0.25, 0.3) is 0 Å². The van der Waals surface area contributed by atoms with Crippen molar-refractivity contribution in [2.45, 2.75) is 19.4 Å². The molecule has 0 aromatic carbocycles. The number of hydrogen-bond donors (Lipinski definition) is 0. The van der Waals surface area contributed by atoms with Crippen molar-refractivity contribution in [3.05, 3.63) is 0 Å². The van der Waals surface area contributed by atoms with Gasteiger partial charge in [-0.3, -0.25) is 9.69 Å². The first-order valence-electron chi connectivity index (χ1n) is 4.58. The van der Waals surface area contributed by atoms with Crippen molar-refractivity contribution < 1.29 is 4.79 Å². The zero-order chi connectivity index (χ0) is 9.68. The normalized spacial score (nSPS) is 24.0. The summed E-state index contributed by atoms with van der Waals surface area (Å²) in [6.07, 6.45) is 1.49. The summed E-state index contributed by atoms with van der Waals surface area (Å²) in [5.41, 5.74) is 0. The number of nitrogens with zero attached hydrogens (tertiary/aromatic N) is 3. The number of amides is 1. The van der Waals surface area contributed by atoms with E-state index in [1.54, 1.807) is 0 Å². The lowest BCUT2D eigenvalue weighted by atomic mass is 10.2. The molecule has 1 unspecified atom stereocenters. The molecule has 1 heterocycles. The van der Waals surface area contributed by atoms with Crippen LogP contribution < -0.4 is 0 Å². The van der Waals surface area contributed by atoms with Gasteiger partial charge < -0.3 is 4.90 Å². The van der Waals surface area contributed by atoms with Crippen LogP contribution >= 0.6 is 0 Å². The molecule has 1 saturated heterocycles. The standard InChI is InChI=1S/C9H15N3O/c1-9-7-11(4-2-3-10)5-6-12(9)8-13/h8-9H,2,4-7H2,1H3. The zero-order valence-corrected chi connectivity index (χ0v) is 7.94. The van der Waals surface area contributed by atoms with Gasteiger partial charge >= 0.3 is 0 Å². The molecule has 13 heavy (non-hydrogen) atoms. The molecule has 0 spiro atoms. The first kappa shape index (κ1) is 10.0. The Labute approximate surface area is 78.7 Å². The highest BCUT2D eigenvalue weighted by Gasteiger charge is 2.21. The third-order valence-electron chi connectivity index (χ3n) is 2.44. The van der Waals surface area contributed by atoms with E-state index in [0.717, 1.165) is 32.6 Å². The number of rotatable bonds is 3. The van der Waals surface area contributed by atoms with Gasteiger partial charge in [-0.25, -0.2) is 0 Å². The summed E-state index contributed by atoms with van der Waals surface area (Å²) in [4.78, 5) is 14.6. The zero-order valence-electron chi connectivity index (χ0n) is 7.94. The first-order valence-corrected chi connectivity index (χ1v) is 4.58. The Bertz CT molecular complexity index is 211. The second-order valence-electron chi connectivity index (χ2n) is 3.40. The fourth-order valence-electron chi connectivity index (χ4n) is 1.61. The Morgan fingerprint density at radius 2 is 2.38 bits per heavy atom. The predicted molar refractivity (Wildman–Crippen MR) is 48.9 cm³/mol. The van der Waals surface area contributed by atoms with Crippen LogP contribution in [0.15, 0.2) is 0 Å². The van der Waals surface area contributed by atoms with Crippen LogP contribution in [-0.4, -0.2) is 48.4 Å². The highest BCUT2D eigenvalue weighted by Crippen LogP contribution is 2.06. The fraction of sp³-hybridized carbons (Fsp3) is 0.778. The molecule has 0 aromatic rings. The summed E-state index contributed by atoms with van der Waals surface area (Å²) in [7, 11) is 0. The molecule has 4 heteroatoms. The van der Waals surface area contributed by atoms with E-state index in [-0.39, 0.29) is 6.04 Å². The number of nitriles is 1. The van der Waals surface area contributed by atoms with E-state index >= 15 is 0 Å². The summed E-state index contributed by atoms with van der Waals surface area (Å²) in [5.74, 6) is 0. The SMILES string of the molecule is CC1CN(CCC#N)CCN1C=O. The molecule has 0 aromatic heterocycles. The van der Waals surface area contributed by atoms with Gasteiger partial charge in [-0.05, 0) is 6.92 Å². The molecule has 1 rings (SSSR count). The first-order chi connectivity index (χ1) is 6.27. The largest absolute Gasteiger partial charge is 0.340 e. The number of carbonyl (C=O) groups is 1. The molecule has 0 aliphatic carbocycles. The number of hydrogen-bond acceptors (Lipinski definition) is 3. The van der Waals surface area contributed by atoms with Crippen molar-refractivity contribution in [3.63, 3.8) is 0 Å². The average Bonchev–Trinajstić information content (AvgIpc) is 2.15. The molecule has 72 valence electrons. The molecule has 1 amide bonds. The van der Waals surface area contributed by atoms with E-state index in [0.29, 0.717) is 6.42 Å². The molecule has 0 saturated carbocycles. The molecular weight excluding hydrogens is 166 g/mol. The molecule has 1 aliphatic heterocycles. The van der Waals surface area contributed by atoms with Crippen molar-refractivity contribution in [2.24, 2.45) is 0 Å². The van der Waals surface area contributed by atoms with Crippen molar-refractivity contribution in [3.8, 4) is 6.07 Å². The van der Waals surface area contributed by atoms with Crippen LogP contribution in [0.2, 0.25) is 0 Å². The van der Waals surface area contributed by atoms with Crippen LogP contribution in [0.25, 0.3) is 0 Å². The van der Waals surface area contributed by atoms with Gasteiger partial charge in [-0.2, -0.15) is 5.26 Å². The van der Waals surface area contributed by atoms with Crippen molar-refractivity contribution >= 4 is 6.41 Å². The molecule has 0 radical (unpaired) electrons. The summed E-state index contributed by atoms with van der Waals surface area (Å²) in [5, 5.41) is 8.42. The lowest BCUT2D eigenvalue weighted by molar-refractivity contribution is -0.122. The maximum atomic E-state index is 10.5. The highest BCUT2D eigenvalue weighted by atomic mass is 16.1. The second-order valence-corrected chi connectivity index (χ2v) is 3.40. The Morgan fingerprint density at radius 3 is 2.92 bits per heavy atom. The van der Waals surface area contributed by atoms with Gasteiger partial charge in [0, 0.05) is 38.6 Å². The molecule has 4 nitrogen and oxygen atoms in total. The van der Waals surface area contributed by atoms with Gasteiger partial charge in [0.05, 0.1) is 6.07 Å². The van der Waals surface area contributed by atoms with Crippen molar-refractivity contribution in [2.75, 3.05) is 26.2 Å². The van der Waals surface area contributed by atoms with Gasteiger partial charge in [-0.1, -0.05) is 0 Å². The van der Waals surface area contributed by atoms with E-state index in [4.69, 9.17) is 5.26 Å². The van der Waals surface area contributed by atoms with Crippen molar-refractivity contribution in [1.29, 1.82) is 5.26 Å². The van der Waals surface area contributed by atoms with Gasteiger partial charge in [0.15, 0.2) is 0 Å². The van der Waals surface area contributed by atoms with Gasteiger partial charge in [-0.15, -0.1) is 0 Å². The average molecular weight is 181 g/mol. The Kier molecular flexibility index (Phi) is 3.71. The Balaban J connectivity index is 2.33. The minimum atomic E-state index is 0.282. The smallest absolute Gasteiger partial charge is 0.210 e. The molecular formula is C9H15N3O. The number of carbonyl (C=O) groups excluding carboxylic acids is 1. The Hall–Kier alpha value is -1.08. The highest BCUT2D eigenvalue weighted by molar-refractivity contribution is 5.47. The third-order valence-corrected chi connectivity index (χ3v) is 2.44. The summed E-state index contributed by atoms with van der Waals surface area (Å²) < 4.78 is 0. The summed E-state index contributed by atoms with van der Waals surface area (Å²) in [6, 6.07) is 2.41. The topological polar surface area (TPSA) is 47.3 Å². The van der Waals surface area contributed by atoms with Gasteiger partial charge in [0.2, 0.25) is 6.41 Å². The molecule has 1 atom stereocenters. The maximum absolute atomic E-state index is 10.5. The lowest BCUT2D eigenvalue weighted by Gasteiger charge is -2.37. The molecule has 0 N–H and O–H groups in total. The minimum Gasteiger partial charge on any atom is -0.340 e. The molecule has 1 aliphatic rings. The predicted octanol–water partition coefficient (Wildman–Crippen LogP) is 0.0626. The van der Waals surface area contributed by atoms with Crippen LogP contribution in [-0.2, 0) is 4.79 Å².